The first-order valence-electron chi connectivity index (χ1n) is 8.73. The molecule has 1 aromatic rings. The van der Waals surface area contributed by atoms with Crippen LogP contribution in [0.15, 0.2) is 12.1 Å². The van der Waals surface area contributed by atoms with Crippen molar-refractivity contribution in [3.05, 3.63) is 33.6 Å². The summed E-state index contributed by atoms with van der Waals surface area (Å²) in [6.07, 6.45) is 2.41. The van der Waals surface area contributed by atoms with Crippen molar-refractivity contribution in [3.63, 3.8) is 0 Å². The fraction of sp³-hybridized carbons (Fsp3) is 0.632. The van der Waals surface area contributed by atoms with E-state index < -0.39 is 16.7 Å². The zero-order chi connectivity index (χ0) is 19.7. The summed E-state index contributed by atoms with van der Waals surface area (Å²) in [4.78, 5) is 22.3. The largest absolute Gasteiger partial charge is 0.469 e. The van der Waals surface area contributed by atoms with E-state index >= 15 is 0 Å². The van der Waals surface area contributed by atoms with Gasteiger partial charge in [-0.25, -0.2) is 4.39 Å². The lowest BCUT2D eigenvalue weighted by molar-refractivity contribution is -0.384. The number of methoxy groups -OCH3 is 1. The van der Waals surface area contributed by atoms with Crippen LogP contribution in [0.4, 0.5) is 15.8 Å². The third-order valence-electron chi connectivity index (χ3n) is 4.84. The van der Waals surface area contributed by atoms with Gasteiger partial charge in [0.2, 0.25) is 0 Å². The maximum absolute atomic E-state index is 14.4. The second-order valence-electron chi connectivity index (χ2n) is 8.73. The number of benzene rings is 1. The van der Waals surface area contributed by atoms with Crippen molar-refractivity contribution in [1.29, 1.82) is 0 Å². The zero-order valence-electron chi connectivity index (χ0n) is 16.0. The Bertz CT molecular complexity index is 700. The van der Waals surface area contributed by atoms with Gasteiger partial charge in [0.05, 0.1) is 18.5 Å². The molecular weight excluding hydrogens is 339 g/mol. The van der Waals surface area contributed by atoms with E-state index in [2.05, 4.69) is 37.7 Å². The van der Waals surface area contributed by atoms with E-state index in [1.54, 1.807) is 0 Å². The van der Waals surface area contributed by atoms with Gasteiger partial charge in [0.25, 0.3) is 5.69 Å². The molecule has 26 heavy (non-hydrogen) atoms. The first-order valence-corrected chi connectivity index (χ1v) is 8.73. The summed E-state index contributed by atoms with van der Waals surface area (Å²) in [5, 5.41) is 14.6. The van der Waals surface area contributed by atoms with Crippen LogP contribution in [0.5, 0.6) is 0 Å². The molecule has 144 valence electrons. The Balaban J connectivity index is 2.32. The van der Waals surface area contributed by atoms with Crippen molar-refractivity contribution < 1.29 is 18.8 Å². The molecule has 0 aromatic heterocycles. The minimum atomic E-state index is -0.655. The van der Waals surface area contributed by atoms with Crippen molar-refractivity contribution >= 4 is 17.3 Å². The van der Waals surface area contributed by atoms with E-state index in [1.165, 1.54) is 7.11 Å². The Morgan fingerprint density at radius 1 is 1.31 bits per heavy atom. The van der Waals surface area contributed by atoms with Gasteiger partial charge in [0, 0.05) is 23.7 Å². The van der Waals surface area contributed by atoms with Gasteiger partial charge in [-0.1, -0.05) is 27.7 Å². The number of nitro groups is 1. The predicted molar refractivity (Wildman–Crippen MR) is 97.6 cm³/mol. The summed E-state index contributed by atoms with van der Waals surface area (Å²) in [5.74, 6) is -1.30. The number of ether oxygens (including phenoxy) is 1. The number of anilines is 1. The van der Waals surface area contributed by atoms with Gasteiger partial charge in [-0.15, -0.1) is 0 Å². The average Bonchev–Trinajstić information content (AvgIpc) is 2.46. The van der Waals surface area contributed by atoms with Crippen LogP contribution in [0.25, 0.3) is 0 Å². The Morgan fingerprint density at radius 3 is 2.38 bits per heavy atom. The summed E-state index contributed by atoms with van der Waals surface area (Å²) < 4.78 is 18.9. The number of hydrogen-bond donors (Lipinski definition) is 1. The number of nitrogens with one attached hydrogen (secondary N) is 1. The fourth-order valence-electron chi connectivity index (χ4n) is 4.40. The molecule has 0 saturated heterocycles. The van der Waals surface area contributed by atoms with Crippen LogP contribution in [0.3, 0.4) is 0 Å². The molecule has 0 spiro atoms. The maximum Gasteiger partial charge on any atom is 0.310 e. The van der Waals surface area contributed by atoms with Gasteiger partial charge in [-0.05, 0) is 30.1 Å². The van der Waals surface area contributed by atoms with Crippen molar-refractivity contribution in [1.82, 2.24) is 0 Å². The lowest BCUT2D eigenvalue weighted by Gasteiger charge is -2.45. The molecule has 0 amide bonds. The number of carbonyl (C=O) groups is 1. The molecule has 1 aliphatic rings. The van der Waals surface area contributed by atoms with Crippen LogP contribution in [-0.2, 0) is 16.0 Å². The van der Waals surface area contributed by atoms with E-state index in [1.807, 2.05) is 0 Å². The topological polar surface area (TPSA) is 81.5 Å². The van der Waals surface area contributed by atoms with E-state index in [4.69, 9.17) is 0 Å². The van der Waals surface area contributed by atoms with Gasteiger partial charge >= 0.3 is 5.97 Å². The number of nitrogens with zero attached hydrogens (tertiary/aromatic N) is 1. The lowest BCUT2D eigenvalue weighted by atomic mass is 9.63. The number of halogens is 1. The fourth-order valence-corrected chi connectivity index (χ4v) is 4.40. The Kier molecular flexibility index (Phi) is 5.58. The van der Waals surface area contributed by atoms with Crippen LogP contribution in [0, 0.1) is 26.8 Å². The standard InChI is InChI=1S/C19H27FN2O4/c1-18(2)9-13(10-19(3,4)11-18)21-15-8-14(20)12(7-17(23)26-5)6-16(15)22(24)25/h6,8,13,21H,7,9-11H2,1-5H3. The average molecular weight is 366 g/mol. The highest BCUT2D eigenvalue weighted by Crippen LogP contribution is 2.46. The summed E-state index contributed by atoms with van der Waals surface area (Å²) in [5.41, 5.74) is 0.0688. The van der Waals surface area contributed by atoms with E-state index in [0.29, 0.717) is 0 Å². The van der Waals surface area contributed by atoms with Crippen LogP contribution >= 0.6 is 0 Å². The van der Waals surface area contributed by atoms with Gasteiger partial charge in [0.15, 0.2) is 0 Å². The van der Waals surface area contributed by atoms with E-state index in [0.717, 1.165) is 31.4 Å². The molecule has 0 atom stereocenters. The quantitative estimate of drug-likeness (QED) is 0.472. The first kappa shape index (κ1) is 20.1. The van der Waals surface area contributed by atoms with Crippen LogP contribution in [0.2, 0.25) is 0 Å². The molecule has 2 rings (SSSR count). The summed E-state index contributed by atoms with van der Waals surface area (Å²) in [6, 6.07) is 2.25. The predicted octanol–water partition coefficient (Wildman–Crippen LogP) is 4.47. The molecule has 7 heteroatoms. The molecule has 0 aliphatic heterocycles. The Labute approximate surface area is 153 Å². The number of carbonyl (C=O) groups excluding carboxylic acids is 1. The second-order valence-corrected chi connectivity index (χ2v) is 8.73. The third kappa shape index (κ3) is 4.93. The van der Waals surface area contributed by atoms with E-state index in [-0.39, 0.29) is 40.2 Å². The monoisotopic (exact) mass is 366 g/mol. The molecule has 1 aliphatic carbocycles. The highest BCUT2D eigenvalue weighted by Gasteiger charge is 2.39. The van der Waals surface area contributed by atoms with Crippen LogP contribution < -0.4 is 5.32 Å². The molecule has 0 heterocycles. The highest BCUT2D eigenvalue weighted by atomic mass is 19.1. The number of hydrogen-bond acceptors (Lipinski definition) is 5. The molecule has 0 radical (unpaired) electrons. The second kappa shape index (κ2) is 7.21. The summed E-state index contributed by atoms with van der Waals surface area (Å²) in [7, 11) is 1.19. The smallest absolute Gasteiger partial charge is 0.310 e. The zero-order valence-corrected chi connectivity index (χ0v) is 16.0. The normalized spacial score (nSPS) is 19.0. The molecule has 0 bridgehead atoms. The molecule has 0 unspecified atom stereocenters. The molecule has 6 nitrogen and oxygen atoms in total. The van der Waals surface area contributed by atoms with Crippen LogP contribution in [-0.4, -0.2) is 24.0 Å². The molecular formula is C19H27FN2O4. The van der Waals surface area contributed by atoms with Crippen LogP contribution in [0.1, 0.15) is 52.5 Å². The lowest BCUT2D eigenvalue weighted by Crippen LogP contribution is -2.40. The molecule has 1 N–H and O–H groups in total. The molecule has 1 fully saturated rings. The van der Waals surface area contributed by atoms with Gasteiger partial charge < -0.3 is 10.1 Å². The molecule has 1 aromatic carbocycles. The first-order chi connectivity index (χ1) is 11.9. The summed E-state index contributed by atoms with van der Waals surface area (Å²) in [6.45, 7) is 8.71. The van der Waals surface area contributed by atoms with Crippen molar-refractivity contribution in [2.75, 3.05) is 12.4 Å². The summed E-state index contributed by atoms with van der Waals surface area (Å²) >= 11 is 0. The SMILES string of the molecule is COC(=O)Cc1cc([N+](=O)[O-])c(NC2CC(C)(C)CC(C)(C)C2)cc1F. The number of nitro benzene ring substituents is 1. The van der Waals surface area contributed by atoms with Crippen molar-refractivity contribution in [2.24, 2.45) is 10.8 Å². The molecule has 1 saturated carbocycles. The van der Waals surface area contributed by atoms with Gasteiger partial charge in [-0.3, -0.25) is 14.9 Å². The minimum Gasteiger partial charge on any atom is -0.469 e. The maximum atomic E-state index is 14.4. The van der Waals surface area contributed by atoms with Crippen molar-refractivity contribution in [2.45, 2.75) is 59.4 Å². The third-order valence-corrected chi connectivity index (χ3v) is 4.84. The number of esters is 1. The van der Waals surface area contributed by atoms with Gasteiger partial charge in [-0.2, -0.15) is 0 Å². The Hall–Kier alpha value is -2.18. The Morgan fingerprint density at radius 2 is 1.88 bits per heavy atom. The van der Waals surface area contributed by atoms with Gasteiger partial charge in [0.1, 0.15) is 11.5 Å². The number of rotatable bonds is 5. The van der Waals surface area contributed by atoms with Crippen molar-refractivity contribution in [3.8, 4) is 0 Å². The highest BCUT2D eigenvalue weighted by molar-refractivity contribution is 5.74. The minimum absolute atomic E-state index is 0.0123. The van der Waals surface area contributed by atoms with E-state index in [9.17, 15) is 19.3 Å².